The number of carbonyl (C=O) groups excluding carboxylic acids is 2. The molecule has 8 heteroatoms. The molecule has 0 saturated heterocycles. The Labute approximate surface area is 189 Å². The molecule has 4 aromatic rings. The summed E-state index contributed by atoms with van der Waals surface area (Å²) in [5.74, 6) is 0.516. The predicted octanol–water partition coefficient (Wildman–Crippen LogP) is 4.54. The average molecular weight is 441 g/mol. The zero-order chi connectivity index (χ0) is 22.8. The molecular weight excluding hydrogens is 422 g/mol. The fraction of sp³-hybridized carbons (Fsp3) is 0.0800. The van der Waals surface area contributed by atoms with Crippen LogP contribution >= 0.6 is 0 Å². The molecule has 2 N–H and O–H groups in total. The Bertz CT molecular complexity index is 1340. The number of hydrogen-bond acceptors (Lipinski definition) is 6. The fourth-order valence-corrected chi connectivity index (χ4v) is 3.61. The van der Waals surface area contributed by atoms with Crippen LogP contribution < -0.4 is 20.1 Å². The van der Waals surface area contributed by atoms with Crippen LogP contribution in [0.15, 0.2) is 78.9 Å². The van der Waals surface area contributed by atoms with Gasteiger partial charge in [-0.25, -0.2) is 19.5 Å². The molecular formula is C25H19N3O5. The van der Waals surface area contributed by atoms with E-state index in [1.165, 1.54) is 4.90 Å². The first-order valence-electron chi connectivity index (χ1n) is 10.2. The summed E-state index contributed by atoms with van der Waals surface area (Å²) in [5.41, 5.74) is 7.63. The van der Waals surface area contributed by atoms with Crippen molar-refractivity contribution < 1.29 is 23.8 Å². The van der Waals surface area contributed by atoms with Gasteiger partial charge in [-0.2, -0.15) is 0 Å². The summed E-state index contributed by atoms with van der Waals surface area (Å²) in [6, 6.07) is 22.3. The molecule has 164 valence electrons. The summed E-state index contributed by atoms with van der Waals surface area (Å²) in [6.45, 7) is 0.169. The second-order valence-corrected chi connectivity index (χ2v) is 7.33. The summed E-state index contributed by atoms with van der Waals surface area (Å²) in [6.07, 6.45) is 0. The van der Waals surface area contributed by atoms with Crippen molar-refractivity contribution in [1.29, 1.82) is 0 Å². The summed E-state index contributed by atoms with van der Waals surface area (Å²) < 4.78 is 16.4. The van der Waals surface area contributed by atoms with Gasteiger partial charge >= 0.3 is 12.0 Å². The van der Waals surface area contributed by atoms with Gasteiger partial charge in [-0.3, -0.25) is 0 Å². The molecule has 1 aliphatic rings. The summed E-state index contributed by atoms with van der Waals surface area (Å²) in [5, 5.41) is 0.632. The number of carbonyl (C=O) groups is 2. The van der Waals surface area contributed by atoms with E-state index in [0.29, 0.717) is 28.1 Å². The summed E-state index contributed by atoms with van der Waals surface area (Å²) in [7, 11) is 0. The number of para-hydroxylation sites is 1. The van der Waals surface area contributed by atoms with Gasteiger partial charge in [-0.15, -0.1) is 0 Å². The lowest BCUT2D eigenvalue weighted by molar-refractivity contribution is 0.0473. The minimum atomic E-state index is -0.786. The summed E-state index contributed by atoms with van der Waals surface area (Å²) >= 11 is 0. The Morgan fingerprint density at radius 3 is 2.30 bits per heavy atom. The third-order valence-electron chi connectivity index (χ3n) is 5.17. The van der Waals surface area contributed by atoms with Crippen LogP contribution in [0, 0.1) is 0 Å². The number of benzene rings is 3. The Morgan fingerprint density at radius 2 is 1.61 bits per heavy atom. The Kier molecular flexibility index (Phi) is 5.24. The zero-order valence-corrected chi connectivity index (χ0v) is 17.4. The Balaban J connectivity index is 1.62. The highest BCUT2D eigenvalue weighted by atomic mass is 16.7. The number of pyridine rings is 1. The van der Waals surface area contributed by atoms with E-state index < -0.39 is 12.0 Å². The number of urea groups is 1. The number of nitrogens with zero attached hydrogens (tertiary/aromatic N) is 2. The van der Waals surface area contributed by atoms with Crippen LogP contribution in [0.5, 0.6) is 11.5 Å². The normalized spacial score (nSPS) is 11.9. The number of fused-ring (bicyclic) bond motifs is 2. The van der Waals surface area contributed by atoms with E-state index in [1.54, 1.807) is 42.5 Å². The maximum Gasteiger partial charge on any atom is 0.342 e. The van der Waals surface area contributed by atoms with Crippen LogP contribution in [0.25, 0.3) is 10.9 Å². The van der Waals surface area contributed by atoms with Gasteiger partial charge in [0.25, 0.3) is 0 Å². The number of amides is 2. The third-order valence-corrected chi connectivity index (χ3v) is 5.17. The predicted molar refractivity (Wildman–Crippen MR) is 122 cm³/mol. The van der Waals surface area contributed by atoms with Crippen molar-refractivity contribution in [1.82, 2.24) is 4.98 Å². The Hall–Kier alpha value is -4.59. The van der Waals surface area contributed by atoms with Gasteiger partial charge in [-0.1, -0.05) is 48.5 Å². The highest BCUT2D eigenvalue weighted by Gasteiger charge is 2.26. The highest BCUT2D eigenvalue weighted by molar-refractivity contribution is 6.07. The van der Waals surface area contributed by atoms with Crippen LogP contribution in [0.1, 0.15) is 15.9 Å². The van der Waals surface area contributed by atoms with Gasteiger partial charge < -0.3 is 19.9 Å². The van der Waals surface area contributed by atoms with Crippen molar-refractivity contribution in [3.63, 3.8) is 0 Å². The monoisotopic (exact) mass is 441 g/mol. The molecule has 0 unspecified atom stereocenters. The third kappa shape index (κ3) is 4.01. The van der Waals surface area contributed by atoms with Gasteiger partial charge in [0.2, 0.25) is 6.79 Å². The first-order chi connectivity index (χ1) is 16.1. The molecule has 0 spiro atoms. The maximum atomic E-state index is 13.2. The zero-order valence-electron chi connectivity index (χ0n) is 17.4. The molecule has 0 fully saturated rings. The van der Waals surface area contributed by atoms with Gasteiger partial charge in [-0.05, 0) is 29.8 Å². The molecule has 1 aromatic heterocycles. The second-order valence-electron chi connectivity index (χ2n) is 7.33. The number of aromatic nitrogens is 1. The molecule has 1 aliphatic heterocycles. The number of esters is 1. The second kappa shape index (κ2) is 8.51. The molecule has 33 heavy (non-hydrogen) atoms. The van der Waals surface area contributed by atoms with Gasteiger partial charge in [0, 0.05) is 11.5 Å². The van der Waals surface area contributed by atoms with Crippen LogP contribution in [0.2, 0.25) is 0 Å². The van der Waals surface area contributed by atoms with Crippen LogP contribution in [0.3, 0.4) is 0 Å². The van der Waals surface area contributed by atoms with E-state index in [1.807, 2.05) is 36.4 Å². The number of primary amides is 1. The fourth-order valence-electron chi connectivity index (χ4n) is 3.61. The lowest BCUT2D eigenvalue weighted by atomic mass is 10.1. The first kappa shape index (κ1) is 20.3. The molecule has 3 aromatic carbocycles. The molecule has 8 nitrogen and oxygen atoms in total. The first-order valence-corrected chi connectivity index (χ1v) is 10.2. The molecule has 2 amide bonds. The number of nitrogens with two attached hydrogens (primary N) is 1. The molecule has 0 aliphatic carbocycles. The van der Waals surface area contributed by atoms with Gasteiger partial charge in [0.15, 0.2) is 17.3 Å². The molecule has 5 rings (SSSR count). The largest absolute Gasteiger partial charge is 0.457 e. The van der Waals surface area contributed by atoms with Crippen molar-refractivity contribution in [2.24, 2.45) is 5.73 Å². The Morgan fingerprint density at radius 1 is 0.939 bits per heavy atom. The molecule has 0 bridgehead atoms. The van der Waals surface area contributed by atoms with Crippen molar-refractivity contribution >= 4 is 34.4 Å². The molecule has 2 heterocycles. The minimum absolute atomic E-state index is 0.0677. The average Bonchev–Trinajstić information content (AvgIpc) is 3.29. The van der Waals surface area contributed by atoms with E-state index >= 15 is 0 Å². The smallest absolute Gasteiger partial charge is 0.342 e. The van der Waals surface area contributed by atoms with E-state index in [2.05, 4.69) is 4.98 Å². The summed E-state index contributed by atoms with van der Waals surface area (Å²) in [4.78, 5) is 31.5. The van der Waals surface area contributed by atoms with E-state index in [4.69, 9.17) is 19.9 Å². The lowest BCUT2D eigenvalue weighted by Gasteiger charge is -2.22. The quantitative estimate of drug-likeness (QED) is 0.456. The lowest BCUT2D eigenvalue weighted by Crippen LogP contribution is -2.33. The van der Waals surface area contributed by atoms with E-state index in [9.17, 15) is 9.59 Å². The topological polar surface area (TPSA) is 104 Å². The van der Waals surface area contributed by atoms with E-state index in [0.717, 1.165) is 5.56 Å². The number of anilines is 2. The van der Waals surface area contributed by atoms with Crippen molar-refractivity contribution in [3.05, 3.63) is 90.0 Å². The van der Waals surface area contributed by atoms with Crippen molar-refractivity contribution in [3.8, 4) is 11.5 Å². The standard InChI is InChI=1S/C25H19N3O5/c26-25(30)28(18-9-5-2-6-10-18)23-19(24(29)31-14-16-7-3-1-4-8-16)11-17-12-21-22(33-15-32-21)13-20(17)27-23/h1-13H,14-15H2,(H2,26,30). The molecule has 0 atom stereocenters. The van der Waals surface area contributed by atoms with Gasteiger partial charge in [0.05, 0.1) is 11.2 Å². The highest BCUT2D eigenvalue weighted by Crippen LogP contribution is 2.38. The van der Waals surface area contributed by atoms with Crippen molar-refractivity contribution in [2.45, 2.75) is 6.61 Å². The maximum absolute atomic E-state index is 13.2. The SMILES string of the molecule is NC(=O)N(c1ccccc1)c1nc2cc3c(cc2cc1C(=O)OCc1ccccc1)OCO3. The number of ether oxygens (including phenoxy) is 3. The van der Waals surface area contributed by atoms with Crippen LogP contribution in [0.4, 0.5) is 16.3 Å². The number of rotatable bonds is 5. The molecule has 0 radical (unpaired) electrons. The van der Waals surface area contributed by atoms with E-state index in [-0.39, 0.29) is 24.8 Å². The minimum Gasteiger partial charge on any atom is -0.457 e. The van der Waals surface area contributed by atoms with Gasteiger partial charge in [0.1, 0.15) is 12.2 Å². The van der Waals surface area contributed by atoms with Crippen LogP contribution in [-0.4, -0.2) is 23.8 Å². The van der Waals surface area contributed by atoms with Crippen molar-refractivity contribution in [2.75, 3.05) is 11.7 Å². The molecule has 0 saturated carbocycles. The number of hydrogen-bond donors (Lipinski definition) is 1. The van der Waals surface area contributed by atoms with Crippen LogP contribution in [-0.2, 0) is 11.3 Å².